The lowest BCUT2D eigenvalue weighted by atomic mass is 10.0. The molecule has 1 aliphatic carbocycles. The molecule has 0 radical (unpaired) electrons. The van der Waals surface area contributed by atoms with E-state index in [0.717, 1.165) is 6.54 Å². The minimum absolute atomic E-state index is 0.156. The van der Waals surface area contributed by atoms with Gasteiger partial charge in [0.15, 0.2) is 0 Å². The smallest absolute Gasteiger partial charge is 0.327 e. The molecule has 1 heterocycles. The second-order valence-electron chi connectivity index (χ2n) is 6.72. The Morgan fingerprint density at radius 2 is 2.15 bits per heavy atom. The zero-order valence-electron chi connectivity index (χ0n) is 13.3. The van der Waals surface area contributed by atoms with Gasteiger partial charge in [-0.1, -0.05) is 0 Å². The molecule has 0 aromatic rings. The lowest BCUT2D eigenvalue weighted by Crippen LogP contribution is -2.58. The lowest BCUT2D eigenvalue weighted by molar-refractivity contribution is -0.148. The molecule has 2 atom stereocenters. The second-order valence-corrected chi connectivity index (χ2v) is 6.72. The van der Waals surface area contributed by atoms with Gasteiger partial charge in [0.2, 0.25) is 0 Å². The molecule has 1 saturated carbocycles. The van der Waals surface area contributed by atoms with E-state index >= 15 is 0 Å². The molecule has 2 fully saturated rings. The van der Waals surface area contributed by atoms with Crippen molar-refractivity contribution in [3.8, 4) is 0 Å². The summed E-state index contributed by atoms with van der Waals surface area (Å²) in [5.41, 5.74) is -0.595. The first-order chi connectivity index (χ1) is 9.44. The standard InChI is InChI=1S/C15H29N3O2/c1-15(14(19)20-4,16-12-7-8-12)11-17(2)10-13-6-5-9-18(13)3/h12-13,16H,5-11H2,1-4H3. The fraction of sp³-hybridized carbons (Fsp3) is 0.933. The SMILES string of the molecule is COC(=O)C(C)(CN(C)CC1CCCN1C)NC1CC1. The number of carbonyl (C=O) groups is 1. The van der Waals surface area contributed by atoms with Crippen LogP contribution in [-0.4, -0.2) is 74.2 Å². The van der Waals surface area contributed by atoms with E-state index in [1.165, 1.54) is 39.3 Å². The van der Waals surface area contributed by atoms with Crippen LogP contribution >= 0.6 is 0 Å². The number of hydrogen-bond acceptors (Lipinski definition) is 5. The van der Waals surface area contributed by atoms with Crippen LogP contribution in [0.4, 0.5) is 0 Å². The van der Waals surface area contributed by atoms with Crippen LogP contribution in [0, 0.1) is 0 Å². The van der Waals surface area contributed by atoms with E-state index in [1.807, 2.05) is 6.92 Å². The van der Waals surface area contributed by atoms with Gasteiger partial charge in [0, 0.05) is 25.2 Å². The lowest BCUT2D eigenvalue weighted by Gasteiger charge is -2.34. The number of carbonyl (C=O) groups excluding carboxylic acids is 1. The van der Waals surface area contributed by atoms with E-state index in [1.54, 1.807) is 0 Å². The van der Waals surface area contributed by atoms with E-state index in [0.29, 0.717) is 18.6 Å². The number of likely N-dealkylation sites (tertiary alicyclic amines) is 1. The summed E-state index contributed by atoms with van der Waals surface area (Å²) in [6.45, 7) is 4.86. The van der Waals surface area contributed by atoms with Crippen molar-refractivity contribution in [2.24, 2.45) is 0 Å². The molecule has 5 heteroatoms. The van der Waals surface area contributed by atoms with Crippen molar-refractivity contribution < 1.29 is 9.53 Å². The van der Waals surface area contributed by atoms with Crippen molar-refractivity contribution >= 4 is 5.97 Å². The number of ether oxygens (including phenoxy) is 1. The third-order valence-corrected chi connectivity index (χ3v) is 4.52. The average Bonchev–Trinajstić information content (AvgIpc) is 3.11. The van der Waals surface area contributed by atoms with E-state index < -0.39 is 5.54 Å². The number of methoxy groups -OCH3 is 1. The zero-order chi connectivity index (χ0) is 14.8. The molecule has 1 saturated heterocycles. The molecule has 0 aromatic carbocycles. The summed E-state index contributed by atoms with van der Waals surface area (Å²) in [5.74, 6) is -0.156. The first kappa shape index (κ1) is 15.7. The Morgan fingerprint density at radius 1 is 1.45 bits per heavy atom. The van der Waals surface area contributed by atoms with Gasteiger partial charge in [-0.25, -0.2) is 0 Å². The van der Waals surface area contributed by atoms with Crippen LogP contribution in [0.5, 0.6) is 0 Å². The van der Waals surface area contributed by atoms with Crippen molar-refractivity contribution in [2.75, 3.05) is 40.8 Å². The van der Waals surface area contributed by atoms with Gasteiger partial charge in [-0.05, 0) is 53.2 Å². The highest BCUT2D eigenvalue weighted by molar-refractivity contribution is 5.80. The number of likely N-dealkylation sites (N-methyl/N-ethyl adjacent to an activating group) is 2. The van der Waals surface area contributed by atoms with Crippen molar-refractivity contribution in [1.82, 2.24) is 15.1 Å². The Kier molecular flexibility index (Phi) is 5.04. The fourth-order valence-corrected chi connectivity index (χ4v) is 3.25. The maximum absolute atomic E-state index is 12.1. The highest BCUT2D eigenvalue weighted by atomic mass is 16.5. The maximum Gasteiger partial charge on any atom is 0.327 e. The van der Waals surface area contributed by atoms with Gasteiger partial charge < -0.3 is 14.5 Å². The molecule has 2 rings (SSSR count). The highest BCUT2D eigenvalue weighted by Gasteiger charge is 2.40. The predicted octanol–water partition coefficient (Wildman–Crippen LogP) is 0.696. The molecule has 1 aliphatic heterocycles. The quantitative estimate of drug-likeness (QED) is 0.697. The zero-order valence-corrected chi connectivity index (χ0v) is 13.3. The summed E-state index contributed by atoms with van der Waals surface area (Å²) in [5, 5.41) is 3.46. The average molecular weight is 283 g/mol. The Bertz CT molecular complexity index is 346. The molecule has 0 aromatic heterocycles. The van der Waals surface area contributed by atoms with E-state index in [2.05, 4.69) is 29.2 Å². The van der Waals surface area contributed by atoms with E-state index in [9.17, 15) is 4.79 Å². The van der Waals surface area contributed by atoms with Crippen LogP contribution in [0.15, 0.2) is 0 Å². The minimum atomic E-state index is -0.595. The van der Waals surface area contributed by atoms with Crippen molar-refractivity contribution in [1.29, 1.82) is 0 Å². The van der Waals surface area contributed by atoms with Crippen LogP contribution < -0.4 is 5.32 Å². The van der Waals surface area contributed by atoms with Crippen LogP contribution in [0.3, 0.4) is 0 Å². The third-order valence-electron chi connectivity index (χ3n) is 4.52. The first-order valence-electron chi connectivity index (χ1n) is 7.69. The molecule has 2 unspecified atom stereocenters. The molecule has 20 heavy (non-hydrogen) atoms. The second kappa shape index (κ2) is 6.41. The fourth-order valence-electron chi connectivity index (χ4n) is 3.25. The Hall–Kier alpha value is -0.650. The molecular weight excluding hydrogens is 254 g/mol. The molecular formula is C15H29N3O2. The van der Waals surface area contributed by atoms with E-state index in [-0.39, 0.29) is 5.97 Å². The van der Waals surface area contributed by atoms with Crippen molar-refractivity contribution in [2.45, 2.75) is 50.2 Å². The van der Waals surface area contributed by atoms with Crippen LogP contribution in [0.2, 0.25) is 0 Å². The topological polar surface area (TPSA) is 44.8 Å². The Balaban J connectivity index is 1.90. The normalized spacial score (nSPS) is 26.8. The van der Waals surface area contributed by atoms with Crippen molar-refractivity contribution in [3.63, 3.8) is 0 Å². The summed E-state index contributed by atoms with van der Waals surface area (Å²) < 4.78 is 5.00. The summed E-state index contributed by atoms with van der Waals surface area (Å²) in [7, 11) is 5.76. The summed E-state index contributed by atoms with van der Waals surface area (Å²) in [6, 6.07) is 1.10. The molecule has 2 aliphatic rings. The van der Waals surface area contributed by atoms with Crippen LogP contribution in [0.1, 0.15) is 32.6 Å². The van der Waals surface area contributed by atoms with Gasteiger partial charge in [0.25, 0.3) is 0 Å². The minimum Gasteiger partial charge on any atom is -0.468 e. The van der Waals surface area contributed by atoms with Gasteiger partial charge in [-0.2, -0.15) is 0 Å². The highest BCUT2D eigenvalue weighted by Crippen LogP contribution is 2.24. The summed E-state index contributed by atoms with van der Waals surface area (Å²) in [4.78, 5) is 16.8. The Morgan fingerprint density at radius 3 is 2.65 bits per heavy atom. The number of nitrogens with one attached hydrogen (secondary N) is 1. The molecule has 5 nitrogen and oxygen atoms in total. The number of hydrogen-bond donors (Lipinski definition) is 1. The van der Waals surface area contributed by atoms with E-state index in [4.69, 9.17) is 4.74 Å². The molecule has 0 spiro atoms. The molecule has 0 bridgehead atoms. The predicted molar refractivity (Wildman–Crippen MR) is 79.7 cm³/mol. The third kappa shape index (κ3) is 3.93. The van der Waals surface area contributed by atoms with Gasteiger partial charge in [0.1, 0.15) is 5.54 Å². The summed E-state index contributed by atoms with van der Waals surface area (Å²) >= 11 is 0. The molecule has 0 amide bonds. The van der Waals surface area contributed by atoms with Gasteiger partial charge in [-0.15, -0.1) is 0 Å². The monoisotopic (exact) mass is 283 g/mol. The number of rotatable bonds is 7. The van der Waals surface area contributed by atoms with Crippen LogP contribution in [0.25, 0.3) is 0 Å². The molecule has 1 N–H and O–H groups in total. The van der Waals surface area contributed by atoms with Gasteiger partial charge >= 0.3 is 5.97 Å². The van der Waals surface area contributed by atoms with Crippen LogP contribution in [-0.2, 0) is 9.53 Å². The van der Waals surface area contributed by atoms with Gasteiger partial charge in [-0.3, -0.25) is 10.1 Å². The van der Waals surface area contributed by atoms with Crippen molar-refractivity contribution in [3.05, 3.63) is 0 Å². The Labute approximate surface area is 122 Å². The first-order valence-corrected chi connectivity index (χ1v) is 7.69. The van der Waals surface area contributed by atoms with Gasteiger partial charge in [0.05, 0.1) is 7.11 Å². The largest absolute Gasteiger partial charge is 0.468 e. The maximum atomic E-state index is 12.1. The number of nitrogens with zero attached hydrogens (tertiary/aromatic N) is 2. The molecule has 116 valence electrons. The number of esters is 1. The summed E-state index contributed by atoms with van der Waals surface area (Å²) in [6.07, 6.45) is 4.87.